The van der Waals surface area contributed by atoms with E-state index in [-0.39, 0.29) is 5.56 Å². The van der Waals surface area contributed by atoms with Gasteiger partial charge in [-0.3, -0.25) is 4.79 Å². The first kappa shape index (κ1) is 14.7. The van der Waals surface area contributed by atoms with Gasteiger partial charge < -0.3 is 0 Å². The van der Waals surface area contributed by atoms with Crippen molar-refractivity contribution in [3.63, 3.8) is 0 Å². The van der Waals surface area contributed by atoms with Crippen molar-refractivity contribution in [1.82, 2.24) is 0 Å². The Morgan fingerprint density at radius 1 is 1.22 bits per heavy atom. The summed E-state index contributed by atoms with van der Waals surface area (Å²) in [4.78, 5) is 12.0. The van der Waals surface area contributed by atoms with Gasteiger partial charge in [0.05, 0.1) is 11.1 Å². The van der Waals surface area contributed by atoms with Crippen LogP contribution in [0.3, 0.4) is 0 Å². The van der Waals surface area contributed by atoms with Crippen LogP contribution in [-0.4, -0.2) is 5.78 Å². The first-order valence-electron chi connectivity index (χ1n) is 5.51. The van der Waals surface area contributed by atoms with Crippen molar-refractivity contribution in [1.29, 1.82) is 0 Å². The van der Waals surface area contributed by atoms with Gasteiger partial charge in [0.1, 0.15) is 5.82 Å². The van der Waals surface area contributed by atoms with Crippen molar-refractivity contribution in [2.75, 3.05) is 0 Å². The van der Waals surface area contributed by atoms with Crippen LogP contribution in [0, 0.1) is 11.2 Å². The van der Waals surface area contributed by atoms with Crippen LogP contribution in [0.4, 0.5) is 17.6 Å². The first-order valence-corrected chi connectivity index (χ1v) is 5.51. The lowest BCUT2D eigenvalue weighted by Crippen LogP contribution is -2.24. The predicted molar refractivity (Wildman–Crippen MR) is 59.8 cm³/mol. The molecular weight excluding hydrogens is 248 g/mol. The molecule has 1 aromatic rings. The molecule has 0 saturated heterocycles. The molecule has 1 nitrogen and oxygen atoms in total. The second-order valence-electron chi connectivity index (χ2n) is 4.76. The second-order valence-corrected chi connectivity index (χ2v) is 4.76. The van der Waals surface area contributed by atoms with Gasteiger partial charge in [0.2, 0.25) is 0 Å². The van der Waals surface area contributed by atoms with E-state index in [1.807, 2.05) is 0 Å². The molecule has 0 N–H and O–H groups in total. The number of hydrogen-bond donors (Lipinski definition) is 0. The lowest BCUT2D eigenvalue weighted by molar-refractivity contribution is -0.137. The van der Waals surface area contributed by atoms with E-state index in [0.29, 0.717) is 12.5 Å². The zero-order valence-electron chi connectivity index (χ0n) is 10.4. The van der Waals surface area contributed by atoms with Crippen LogP contribution >= 0.6 is 0 Å². The van der Waals surface area contributed by atoms with Gasteiger partial charge in [0.15, 0.2) is 5.78 Å². The van der Waals surface area contributed by atoms with Gasteiger partial charge in [-0.1, -0.05) is 20.8 Å². The third kappa shape index (κ3) is 2.89. The summed E-state index contributed by atoms with van der Waals surface area (Å²) in [6.45, 7) is 5.03. The van der Waals surface area contributed by atoms with E-state index in [4.69, 9.17) is 0 Å². The largest absolute Gasteiger partial charge is 0.416 e. The summed E-state index contributed by atoms with van der Waals surface area (Å²) in [6.07, 6.45) is -4.13. The van der Waals surface area contributed by atoms with Crippen molar-refractivity contribution in [2.24, 2.45) is 5.41 Å². The molecular formula is C13H14F4O. The molecule has 100 valence electrons. The fourth-order valence-electron chi connectivity index (χ4n) is 1.40. The molecule has 0 aliphatic heterocycles. The minimum Gasteiger partial charge on any atom is -0.293 e. The van der Waals surface area contributed by atoms with E-state index in [1.165, 1.54) is 0 Å². The fraction of sp³-hybridized carbons (Fsp3) is 0.462. The quantitative estimate of drug-likeness (QED) is 0.580. The Hall–Kier alpha value is -1.39. The van der Waals surface area contributed by atoms with Gasteiger partial charge in [0.25, 0.3) is 0 Å². The van der Waals surface area contributed by atoms with E-state index < -0.39 is 28.8 Å². The SMILES string of the molecule is CCC(C)(C)C(=O)c1ccc(C(F)(F)F)cc1F. The van der Waals surface area contributed by atoms with Crippen LogP contribution < -0.4 is 0 Å². The minimum absolute atomic E-state index is 0.296. The lowest BCUT2D eigenvalue weighted by atomic mass is 9.81. The summed E-state index contributed by atoms with van der Waals surface area (Å²) in [7, 11) is 0. The standard InChI is InChI=1S/C13H14F4O/c1-4-12(2,3)11(18)9-6-5-8(7-10(9)14)13(15,16)17/h5-7H,4H2,1-3H3. The highest BCUT2D eigenvalue weighted by atomic mass is 19.4. The highest BCUT2D eigenvalue weighted by molar-refractivity contribution is 6.00. The molecule has 5 heteroatoms. The number of carbonyl (C=O) groups excluding carboxylic acids is 1. The third-order valence-electron chi connectivity index (χ3n) is 3.04. The van der Waals surface area contributed by atoms with Crippen molar-refractivity contribution in [3.05, 3.63) is 35.1 Å². The average molecular weight is 262 g/mol. The molecule has 0 bridgehead atoms. The Kier molecular flexibility index (Phi) is 3.84. The molecule has 0 aromatic heterocycles. The van der Waals surface area contributed by atoms with Crippen LogP contribution in [0.15, 0.2) is 18.2 Å². The summed E-state index contributed by atoms with van der Waals surface area (Å²) >= 11 is 0. The van der Waals surface area contributed by atoms with Gasteiger partial charge in [-0.2, -0.15) is 13.2 Å². The van der Waals surface area contributed by atoms with Crippen molar-refractivity contribution < 1.29 is 22.4 Å². The summed E-state index contributed by atoms with van der Waals surface area (Å²) < 4.78 is 50.6. The highest BCUT2D eigenvalue weighted by Crippen LogP contribution is 2.32. The zero-order chi connectivity index (χ0) is 14.1. The van der Waals surface area contributed by atoms with Crippen molar-refractivity contribution in [3.8, 4) is 0 Å². The molecule has 0 unspecified atom stereocenters. The number of rotatable bonds is 3. The van der Waals surface area contributed by atoms with E-state index in [0.717, 1.165) is 12.1 Å². The van der Waals surface area contributed by atoms with Gasteiger partial charge >= 0.3 is 6.18 Å². The van der Waals surface area contributed by atoms with Crippen LogP contribution in [0.5, 0.6) is 0 Å². The number of halogens is 4. The number of hydrogen-bond acceptors (Lipinski definition) is 1. The van der Waals surface area contributed by atoms with Crippen molar-refractivity contribution in [2.45, 2.75) is 33.4 Å². The Morgan fingerprint density at radius 3 is 2.17 bits per heavy atom. The smallest absolute Gasteiger partial charge is 0.293 e. The average Bonchev–Trinajstić information content (AvgIpc) is 2.26. The highest BCUT2D eigenvalue weighted by Gasteiger charge is 2.33. The normalized spacial score (nSPS) is 12.6. The molecule has 0 fully saturated rings. The van der Waals surface area contributed by atoms with E-state index in [2.05, 4.69) is 0 Å². The van der Waals surface area contributed by atoms with Gasteiger partial charge in [0, 0.05) is 5.41 Å². The topological polar surface area (TPSA) is 17.1 Å². The number of carbonyl (C=O) groups is 1. The molecule has 0 aliphatic carbocycles. The third-order valence-corrected chi connectivity index (χ3v) is 3.04. The van der Waals surface area contributed by atoms with Gasteiger partial charge in [-0.25, -0.2) is 4.39 Å². The predicted octanol–water partition coefficient (Wildman–Crippen LogP) is 4.46. The first-order chi connectivity index (χ1) is 8.09. The van der Waals surface area contributed by atoms with Gasteiger partial charge in [-0.05, 0) is 24.6 Å². The maximum absolute atomic E-state index is 13.6. The number of ketones is 1. The Morgan fingerprint density at radius 2 is 1.78 bits per heavy atom. The van der Waals surface area contributed by atoms with E-state index >= 15 is 0 Å². The fourth-order valence-corrected chi connectivity index (χ4v) is 1.40. The molecule has 0 atom stereocenters. The summed E-state index contributed by atoms with van der Waals surface area (Å²) in [5.74, 6) is -1.62. The van der Waals surface area contributed by atoms with Crippen LogP contribution in [0.25, 0.3) is 0 Å². The van der Waals surface area contributed by atoms with Crippen LogP contribution in [0.2, 0.25) is 0 Å². The maximum atomic E-state index is 13.6. The second kappa shape index (κ2) is 4.71. The number of Topliss-reactive ketones (excluding diaryl/α,β-unsaturated/α-hetero) is 1. The monoisotopic (exact) mass is 262 g/mol. The Bertz CT molecular complexity index is 461. The van der Waals surface area contributed by atoms with E-state index in [9.17, 15) is 22.4 Å². The van der Waals surface area contributed by atoms with Crippen LogP contribution in [-0.2, 0) is 6.18 Å². The molecule has 0 heterocycles. The molecule has 1 aromatic carbocycles. The molecule has 0 aliphatic rings. The molecule has 0 saturated carbocycles. The molecule has 1 rings (SSSR count). The summed E-state index contributed by atoms with van der Waals surface area (Å²) in [5, 5.41) is 0. The molecule has 0 spiro atoms. The lowest BCUT2D eigenvalue weighted by Gasteiger charge is -2.21. The zero-order valence-corrected chi connectivity index (χ0v) is 10.4. The Balaban J connectivity index is 3.19. The number of benzene rings is 1. The number of alkyl halides is 3. The maximum Gasteiger partial charge on any atom is 0.416 e. The van der Waals surface area contributed by atoms with Crippen molar-refractivity contribution >= 4 is 5.78 Å². The molecule has 0 radical (unpaired) electrons. The minimum atomic E-state index is -4.61. The Labute approximate surface area is 103 Å². The van der Waals surface area contributed by atoms with Crippen LogP contribution in [0.1, 0.15) is 43.1 Å². The van der Waals surface area contributed by atoms with Gasteiger partial charge in [-0.15, -0.1) is 0 Å². The van der Waals surface area contributed by atoms with E-state index in [1.54, 1.807) is 20.8 Å². The summed E-state index contributed by atoms with van der Waals surface area (Å²) in [6, 6.07) is 1.99. The molecule has 18 heavy (non-hydrogen) atoms. The molecule has 0 amide bonds. The summed E-state index contributed by atoms with van der Waals surface area (Å²) in [5.41, 5.74) is -2.18.